The highest BCUT2D eigenvalue weighted by molar-refractivity contribution is 8.46. The van der Waals surface area contributed by atoms with E-state index in [-0.39, 0.29) is 97.2 Å². The van der Waals surface area contributed by atoms with E-state index in [0.29, 0.717) is 46.6 Å². The van der Waals surface area contributed by atoms with Gasteiger partial charge < -0.3 is 28.8 Å². The topological polar surface area (TPSA) is 109 Å². The fraction of sp³-hybridized carbons (Fsp3) is 0.517. The third-order valence-electron chi connectivity index (χ3n) is 19.0. The van der Waals surface area contributed by atoms with Crippen LogP contribution in [0.5, 0.6) is 11.5 Å². The van der Waals surface area contributed by atoms with Crippen molar-refractivity contribution in [3.63, 3.8) is 0 Å². The lowest BCUT2D eigenvalue weighted by Gasteiger charge is -2.41. The second kappa shape index (κ2) is 42.7. The van der Waals surface area contributed by atoms with Crippen LogP contribution in [0.3, 0.4) is 0 Å². The van der Waals surface area contributed by atoms with E-state index in [1.165, 1.54) is 58.1 Å². The van der Waals surface area contributed by atoms with Crippen molar-refractivity contribution in [2.24, 2.45) is 41.4 Å². The van der Waals surface area contributed by atoms with Crippen LogP contribution in [-0.2, 0) is 4.18 Å². The van der Waals surface area contributed by atoms with Crippen LogP contribution >= 0.6 is 41.7 Å². The summed E-state index contributed by atoms with van der Waals surface area (Å²) in [6, 6.07) is 44.7. The predicted molar refractivity (Wildman–Crippen MR) is 470 cm³/mol. The average Bonchev–Trinajstić information content (AvgIpc) is 0.704. The largest absolute Gasteiger partial charge is 0.435 e. The minimum Gasteiger partial charge on any atom is -0.396 e. The van der Waals surface area contributed by atoms with Crippen LogP contribution in [-0.4, -0.2) is 61.5 Å². The molecule has 0 fully saturated rings. The number of hydrogen-bond acceptors (Lipinski definition) is 7. The quantitative estimate of drug-likeness (QED) is 0.0300. The normalized spacial score (nSPS) is 15.9. The van der Waals surface area contributed by atoms with E-state index in [2.05, 4.69) is 174 Å². The zero-order valence-electron chi connectivity index (χ0n) is 69.5. The van der Waals surface area contributed by atoms with Gasteiger partial charge in [-0.15, -0.1) is 0 Å². The fourth-order valence-corrected chi connectivity index (χ4v) is 14.4. The molecule has 0 aliphatic rings. The molecule has 7 nitrogen and oxygen atoms in total. The Morgan fingerprint density at radius 2 is 0.546 bits per heavy atom. The number of aliphatic hydroxyl groups excluding tert-OH is 4. The summed E-state index contributed by atoms with van der Waals surface area (Å²) < 4.78 is 255. The summed E-state index contributed by atoms with van der Waals surface area (Å²) in [6.07, 6.45) is 0. The molecule has 7 rings (SSSR count). The Bertz CT molecular complexity index is 4070. The molecule has 0 saturated carbocycles. The van der Waals surface area contributed by atoms with Crippen molar-refractivity contribution in [3.05, 3.63) is 225 Å². The van der Waals surface area contributed by atoms with E-state index < -0.39 is 90.6 Å². The molecule has 4 N–H and O–H groups in total. The molecule has 7 atom stereocenters. The maximum Gasteiger partial charge on any atom is 0.435 e. The van der Waals surface area contributed by atoms with Crippen molar-refractivity contribution in [1.82, 2.24) is 0 Å². The van der Waals surface area contributed by atoms with E-state index in [9.17, 15) is 87.9 Å². The van der Waals surface area contributed by atoms with E-state index in [1.54, 1.807) is 71.0 Å². The zero-order valence-corrected chi connectivity index (χ0v) is 73.8. The minimum atomic E-state index is -9.96. The lowest BCUT2D eigenvalue weighted by atomic mass is 9.89. The van der Waals surface area contributed by atoms with Crippen molar-refractivity contribution >= 4 is 55.0 Å². The molecule has 32 heteroatoms. The number of halogens is 20. The van der Waals surface area contributed by atoms with Gasteiger partial charge in [0, 0.05) is 29.6 Å². The van der Waals surface area contributed by atoms with Crippen molar-refractivity contribution in [2.75, 3.05) is 33.0 Å². The Balaban J connectivity index is -0.000000648. The lowest BCUT2D eigenvalue weighted by Crippen LogP contribution is -2.37. The minimum absolute atomic E-state index is 0. The molecule has 119 heavy (non-hydrogen) atoms. The highest BCUT2D eigenvalue weighted by atomic mass is 32.5. The summed E-state index contributed by atoms with van der Waals surface area (Å²) >= 11 is 0. The second-order valence-electron chi connectivity index (χ2n) is 32.5. The first kappa shape index (κ1) is 119. The first-order valence-corrected chi connectivity index (χ1v) is 48.5. The summed E-state index contributed by atoms with van der Waals surface area (Å²) in [5.41, 5.74) is 9.23. The van der Waals surface area contributed by atoms with Gasteiger partial charge in [0.15, 0.2) is 0 Å². The molecule has 0 aliphatic carbocycles. The molecule has 7 aromatic rings. The van der Waals surface area contributed by atoms with Crippen LogP contribution < -0.4 is 13.6 Å². The Labute approximate surface area is 700 Å². The van der Waals surface area contributed by atoms with Crippen molar-refractivity contribution < 1.29 is 111 Å². The lowest BCUT2D eigenvalue weighted by molar-refractivity contribution is 0.136. The summed E-state index contributed by atoms with van der Waals surface area (Å²) in [7, 11) is -40.4. The summed E-state index contributed by atoms with van der Waals surface area (Å²) in [6.45, 7) is 43.5. The van der Waals surface area contributed by atoms with Gasteiger partial charge >= 0.3 is 41.7 Å². The van der Waals surface area contributed by atoms with Gasteiger partial charge in [0.05, 0.1) is 41.1 Å². The molecule has 0 aromatic heterocycles. The number of rotatable bonds is 27. The van der Waals surface area contributed by atoms with Crippen LogP contribution in [0.1, 0.15) is 238 Å². The molecule has 7 unspecified atom stereocenters. The van der Waals surface area contributed by atoms with E-state index in [4.69, 9.17) is 10.2 Å². The van der Waals surface area contributed by atoms with Gasteiger partial charge in [-0.2, -0.15) is 0 Å². The van der Waals surface area contributed by atoms with Crippen LogP contribution in [0.15, 0.2) is 175 Å². The van der Waals surface area contributed by atoms with Gasteiger partial charge in [0.1, 0.15) is 16.4 Å². The predicted octanol–water partition coefficient (Wildman–Crippen LogP) is 34.1. The van der Waals surface area contributed by atoms with Crippen LogP contribution in [0.4, 0.5) is 77.7 Å². The molecule has 0 aliphatic heterocycles. The Kier molecular flexibility index (Phi) is 42.9. The molecule has 0 saturated heterocycles. The van der Waals surface area contributed by atoms with E-state index in [0.717, 1.165) is 47.7 Å². The summed E-state index contributed by atoms with van der Waals surface area (Å²) in [5.74, 6) is -0.807. The Hall–Kier alpha value is -5.84. The third-order valence-corrected chi connectivity index (χ3v) is 23.8. The third kappa shape index (κ3) is 49.3. The van der Waals surface area contributed by atoms with Gasteiger partial charge in [-0.3, -0.25) is 0 Å². The fourth-order valence-electron chi connectivity index (χ4n) is 11.2. The van der Waals surface area contributed by atoms with Crippen LogP contribution in [0.25, 0.3) is 0 Å². The Morgan fingerprint density at radius 1 is 0.286 bits per heavy atom. The molecular weight excluding hydrogens is 1690 g/mol. The van der Waals surface area contributed by atoms with E-state index in [1.807, 2.05) is 20.8 Å². The standard InChI is InChI=1S/C14H24Si.C12H17F5OS.C12H18O.C12H18.2C11H15F5O2S.C11H15F5OS.4CH4/c1-11(2)12(3)13-7-9-14(10-8-13)15(4,5)6;1-9(2)12(8-18-19(13,14,15,16)17)11-6-4-10(3)5-7-11;1-9(2)12(8-13)11-6-4-10(3)5-7-11;1-9(2)11(4)12-7-5-10(3)6-8-12;1-8(2)11(7-17)9-3-5-10(6-4-9)18-19(12,13,14,15)16;1-8(2)11(7-17)9-4-3-5-10(6-9)18-19(12,13,14,15)16;1-8(2)11(7-17)9-4-3-5-10(6-9)18(12,13,14,15)16;;;;/h7-12H,1-6H3;4-7,9,12H,8H2,1-3H3;4-7,9,12-13H,8H2,1-3H3;5-9,11H,1-4H3;2*3-6,8,11,17H,7H2,1-2H3;3-6,8,11,17H,7H2,1-2H3;4*1H4. The monoisotopic (exact) mass is 1830 g/mol. The zero-order chi connectivity index (χ0) is 89.8. The van der Waals surface area contributed by atoms with E-state index >= 15 is 0 Å². The van der Waals surface area contributed by atoms with Crippen LogP contribution in [0.2, 0.25) is 19.6 Å². The molecule has 0 radical (unpaired) electrons. The van der Waals surface area contributed by atoms with Gasteiger partial charge in [0.25, 0.3) is 0 Å². The van der Waals surface area contributed by atoms with Gasteiger partial charge in [-0.1, -0.05) is 393 Å². The molecule has 696 valence electrons. The Morgan fingerprint density at radius 3 is 0.815 bits per heavy atom. The second-order valence-corrected chi connectivity index (χ2v) is 45.9. The first-order chi connectivity index (χ1) is 51.3. The number of aryl methyl sites for hydroxylation is 3. The van der Waals surface area contributed by atoms with Gasteiger partial charge in [0.2, 0.25) is 0 Å². The smallest absolute Gasteiger partial charge is 0.396 e. The van der Waals surface area contributed by atoms with Gasteiger partial charge in [-0.05, 0) is 149 Å². The number of benzene rings is 7. The number of aliphatic hydroxyl groups is 4. The van der Waals surface area contributed by atoms with Crippen molar-refractivity contribution in [2.45, 2.75) is 227 Å². The molecule has 0 amide bonds. The first-order valence-electron chi connectivity index (χ1n) is 37.4. The van der Waals surface area contributed by atoms with Crippen LogP contribution in [0, 0.1) is 62.2 Å². The SMILES string of the molecule is C.C.C.C.CC(C)C(C)c1ccc([Si](C)(C)C)cc1.CC(C)C(CO)c1ccc(OS(F)(F)(F)(F)F)cc1.CC(C)C(CO)c1cccc(OS(F)(F)(F)(F)F)c1.CC(C)C(CO)c1cccc(S(F)(F)(F)(F)F)c1.Cc1ccc(C(C)C(C)C)cc1.Cc1ccc(C(CO)C(C)C)cc1.Cc1ccc(C(COS(F)(F)(F)(F)F)C(C)C)cc1. The van der Waals surface area contributed by atoms with Crippen molar-refractivity contribution in [1.29, 1.82) is 0 Å². The molecule has 0 heterocycles. The highest BCUT2D eigenvalue weighted by Crippen LogP contribution is 3.02. The maximum atomic E-state index is 12.6. The molecular formula is C87H138F20O7S4Si. The summed E-state index contributed by atoms with van der Waals surface area (Å²) in [4.78, 5) is -1.91. The molecule has 7 aromatic carbocycles. The average molecular weight is 1830 g/mol. The molecule has 0 bridgehead atoms. The van der Waals surface area contributed by atoms with Gasteiger partial charge in [-0.25, -0.2) is 4.18 Å². The summed E-state index contributed by atoms with van der Waals surface area (Å²) in [5, 5.41) is 38.2. The maximum absolute atomic E-state index is 12.6. The van der Waals surface area contributed by atoms with Crippen molar-refractivity contribution in [3.8, 4) is 11.5 Å². The highest BCUT2D eigenvalue weighted by Gasteiger charge is 2.69. The number of hydrogen-bond donors (Lipinski definition) is 4. The molecule has 0 spiro atoms.